The summed E-state index contributed by atoms with van der Waals surface area (Å²) >= 11 is 0. The minimum Gasteiger partial charge on any atom is -0.333 e. The van der Waals surface area contributed by atoms with Crippen molar-refractivity contribution in [3.8, 4) is 5.69 Å². The van der Waals surface area contributed by atoms with E-state index in [0.717, 1.165) is 37.3 Å². The maximum Gasteiger partial charge on any atom is 0.227 e. The predicted molar refractivity (Wildman–Crippen MR) is 110 cm³/mol. The van der Waals surface area contributed by atoms with E-state index in [1.54, 1.807) is 6.20 Å². The van der Waals surface area contributed by atoms with Crippen LogP contribution >= 0.6 is 0 Å². The van der Waals surface area contributed by atoms with E-state index in [1.807, 2.05) is 46.1 Å². The number of hydrogen-bond donors (Lipinski definition) is 1. The normalized spacial score (nSPS) is 16.9. The first-order chi connectivity index (χ1) is 13.7. The largest absolute Gasteiger partial charge is 0.333 e. The van der Waals surface area contributed by atoms with Gasteiger partial charge in [-0.05, 0) is 35.2 Å². The Balaban J connectivity index is 1.48. The number of aromatic nitrogens is 2. The lowest BCUT2D eigenvalue weighted by Crippen LogP contribution is -2.49. The first kappa shape index (κ1) is 18.4. The van der Waals surface area contributed by atoms with Gasteiger partial charge in [-0.25, -0.2) is 4.68 Å². The molecule has 1 fully saturated rings. The van der Waals surface area contributed by atoms with Crippen LogP contribution in [0.1, 0.15) is 29.7 Å². The Hall–Kier alpha value is -2.92. The topological polar surface area (TPSA) is 50.2 Å². The van der Waals surface area contributed by atoms with E-state index < -0.39 is 0 Å². The number of aryl methyl sites for hydroxylation is 1. The number of nitrogens with one attached hydrogen (secondary N) is 1. The number of carbonyl (C=O) groups excluding carboxylic acids is 1. The van der Waals surface area contributed by atoms with Crippen molar-refractivity contribution in [2.45, 2.75) is 25.8 Å². The quantitative estimate of drug-likeness (QED) is 0.746. The van der Waals surface area contributed by atoms with E-state index in [2.05, 4.69) is 41.6 Å². The minimum absolute atomic E-state index is 0.0799. The summed E-state index contributed by atoms with van der Waals surface area (Å²) in [6.07, 6.45) is 5.13. The van der Waals surface area contributed by atoms with Gasteiger partial charge in [-0.2, -0.15) is 5.10 Å². The second-order valence-corrected chi connectivity index (χ2v) is 7.21. The van der Waals surface area contributed by atoms with Gasteiger partial charge in [-0.15, -0.1) is 0 Å². The van der Waals surface area contributed by atoms with Gasteiger partial charge in [0.05, 0.1) is 24.3 Å². The average molecular weight is 374 g/mol. The summed E-state index contributed by atoms with van der Waals surface area (Å²) in [5.41, 5.74) is 4.45. The van der Waals surface area contributed by atoms with E-state index in [9.17, 15) is 4.79 Å². The highest BCUT2D eigenvalue weighted by Crippen LogP contribution is 2.24. The Morgan fingerprint density at radius 1 is 1.11 bits per heavy atom. The molecule has 1 saturated heterocycles. The molecule has 0 spiro atoms. The molecule has 1 unspecified atom stereocenters. The third kappa shape index (κ3) is 3.99. The van der Waals surface area contributed by atoms with Gasteiger partial charge in [0.25, 0.3) is 0 Å². The van der Waals surface area contributed by atoms with Crippen LogP contribution in [0.25, 0.3) is 5.69 Å². The molecule has 28 heavy (non-hydrogen) atoms. The molecule has 0 radical (unpaired) electrons. The van der Waals surface area contributed by atoms with E-state index in [-0.39, 0.29) is 11.9 Å². The summed E-state index contributed by atoms with van der Waals surface area (Å²) in [5, 5.41) is 7.84. The maximum absolute atomic E-state index is 13.1. The molecule has 1 N–H and O–H groups in total. The Morgan fingerprint density at radius 2 is 1.89 bits per heavy atom. The fourth-order valence-corrected chi connectivity index (χ4v) is 3.73. The summed E-state index contributed by atoms with van der Waals surface area (Å²) in [7, 11) is 0. The Labute approximate surface area is 166 Å². The standard InChI is InChI=1S/C23H26N4O/c1-2-18-8-10-20(11-9-18)22-16-24-12-13-26(22)23(28)14-19-15-25-27(17-19)21-6-4-3-5-7-21/h3-11,15,17,22,24H,2,12-14,16H2,1H3. The number of carbonyl (C=O) groups is 1. The van der Waals surface area contributed by atoms with E-state index in [1.165, 1.54) is 11.1 Å². The molecule has 144 valence electrons. The first-order valence-electron chi connectivity index (χ1n) is 9.92. The summed E-state index contributed by atoms with van der Waals surface area (Å²) in [5.74, 6) is 0.152. The van der Waals surface area contributed by atoms with Crippen molar-refractivity contribution in [2.24, 2.45) is 0 Å². The monoisotopic (exact) mass is 374 g/mol. The summed E-state index contributed by atoms with van der Waals surface area (Å²) in [4.78, 5) is 15.1. The van der Waals surface area contributed by atoms with Crippen LogP contribution in [0.2, 0.25) is 0 Å². The molecule has 2 aromatic carbocycles. The summed E-state index contributed by atoms with van der Waals surface area (Å²) in [6.45, 7) is 4.51. The first-order valence-corrected chi connectivity index (χ1v) is 9.92. The van der Waals surface area contributed by atoms with Gasteiger partial charge >= 0.3 is 0 Å². The molecule has 1 aliphatic heterocycles. The number of benzene rings is 2. The number of hydrogen-bond acceptors (Lipinski definition) is 3. The van der Waals surface area contributed by atoms with E-state index >= 15 is 0 Å². The summed E-state index contributed by atoms with van der Waals surface area (Å²) in [6, 6.07) is 18.7. The van der Waals surface area contributed by atoms with E-state index in [4.69, 9.17) is 0 Å². The SMILES string of the molecule is CCc1ccc(C2CNCCN2C(=O)Cc2cnn(-c3ccccc3)c2)cc1. The maximum atomic E-state index is 13.1. The number of amides is 1. The molecule has 0 aliphatic carbocycles. The zero-order valence-corrected chi connectivity index (χ0v) is 16.2. The Bertz CT molecular complexity index is 917. The van der Waals surface area contributed by atoms with Crippen LogP contribution in [0, 0.1) is 0 Å². The Morgan fingerprint density at radius 3 is 2.64 bits per heavy atom. The zero-order valence-electron chi connectivity index (χ0n) is 16.2. The lowest BCUT2D eigenvalue weighted by atomic mass is 10.00. The number of piperazine rings is 1. The highest BCUT2D eigenvalue weighted by Gasteiger charge is 2.28. The van der Waals surface area contributed by atoms with Crippen LogP contribution in [0.5, 0.6) is 0 Å². The van der Waals surface area contributed by atoms with Crippen LogP contribution in [0.4, 0.5) is 0 Å². The highest BCUT2D eigenvalue weighted by atomic mass is 16.2. The smallest absolute Gasteiger partial charge is 0.227 e. The highest BCUT2D eigenvalue weighted by molar-refractivity contribution is 5.79. The second kappa shape index (κ2) is 8.40. The van der Waals surface area contributed by atoms with Gasteiger partial charge in [0.15, 0.2) is 0 Å². The van der Waals surface area contributed by atoms with Gasteiger partial charge < -0.3 is 10.2 Å². The average Bonchev–Trinajstić information content (AvgIpc) is 3.23. The van der Waals surface area contributed by atoms with Crippen LogP contribution < -0.4 is 5.32 Å². The number of rotatable bonds is 5. The van der Waals surface area contributed by atoms with Crippen molar-refractivity contribution >= 4 is 5.91 Å². The second-order valence-electron chi connectivity index (χ2n) is 7.21. The molecule has 1 amide bonds. The van der Waals surface area contributed by atoms with Crippen molar-refractivity contribution in [3.63, 3.8) is 0 Å². The van der Waals surface area contributed by atoms with Gasteiger partial charge in [0.2, 0.25) is 5.91 Å². The molecule has 5 heteroatoms. The Kier molecular flexibility index (Phi) is 5.53. The predicted octanol–water partition coefficient (Wildman–Crippen LogP) is 3.15. The van der Waals surface area contributed by atoms with Gasteiger partial charge in [-0.3, -0.25) is 4.79 Å². The third-order valence-corrected chi connectivity index (χ3v) is 5.35. The molecule has 1 aliphatic rings. The van der Waals surface area contributed by atoms with Crippen molar-refractivity contribution in [2.75, 3.05) is 19.6 Å². The number of nitrogens with zero attached hydrogens (tertiary/aromatic N) is 3. The molecule has 0 bridgehead atoms. The third-order valence-electron chi connectivity index (χ3n) is 5.35. The molecule has 1 aromatic heterocycles. The fourth-order valence-electron chi connectivity index (χ4n) is 3.73. The van der Waals surface area contributed by atoms with Crippen molar-refractivity contribution in [1.82, 2.24) is 20.0 Å². The minimum atomic E-state index is 0.0799. The van der Waals surface area contributed by atoms with E-state index in [0.29, 0.717) is 6.42 Å². The van der Waals surface area contributed by atoms with Gasteiger partial charge in [-0.1, -0.05) is 49.4 Å². The molecule has 0 saturated carbocycles. The molecule has 2 heterocycles. The molecule has 4 rings (SSSR count). The van der Waals surface area contributed by atoms with Gasteiger partial charge in [0.1, 0.15) is 0 Å². The fraction of sp³-hybridized carbons (Fsp3) is 0.304. The lowest BCUT2D eigenvalue weighted by molar-refractivity contribution is -0.133. The lowest BCUT2D eigenvalue weighted by Gasteiger charge is -2.36. The van der Waals surface area contributed by atoms with Crippen LogP contribution in [0.15, 0.2) is 67.0 Å². The molecular weight excluding hydrogens is 348 g/mol. The number of para-hydroxylation sites is 1. The molecule has 3 aromatic rings. The summed E-state index contributed by atoms with van der Waals surface area (Å²) < 4.78 is 1.82. The van der Waals surface area contributed by atoms with Crippen molar-refractivity contribution in [3.05, 3.63) is 83.7 Å². The van der Waals surface area contributed by atoms with Crippen LogP contribution in [-0.2, 0) is 17.6 Å². The van der Waals surface area contributed by atoms with Crippen molar-refractivity contribution in [1.29, 1.82) is 0 Å². The van der Waals surface area contributed by atoms with Crippen LogP contribution in [0.3, 0.4) is 0 Å². The van der Waals surface area contributed by atoms with Gasteiger partial charge in [0, 0.05) is 25.8 Å². The molecule has 1 atom stereocenters. The molecular formula is C23H26N4O. The van der Waals surface area contributed by atoms with Crippen molar-refractivity contribution < 1.29 is 4.79 Å². The van der Waals surface area contributed by atoms with Crippen LogP contribution in [-0.4, -0.2) is 40.2 Å². The molecule has 5 nitrogen and oxygen atoms in total. The zero-order chi connectivity index (χ0) is 19.3.